The van der Waals surface area contributed by atoms with Gasteiger partial charge < -0.3 is 10.1 Å². The van der Waals surface area contributed by atoms with Crippen molar-refractivity contribution in [2.75, 3.05) is 19.8 Å². The first-order valence-electron chi connectivity index (χ1n) is 8.09. The molecule has 1 saturated heterocycles. The van der Waals surface area contributed by atoms with Crippen LogP contribution in [-0.4, -0.2) is 19.8 Å². The van der Waals surface area contributed by atoms with Crippen molar-refractivity contribution < 1.29 is 4.74 Å². The van der Waals surface area contributed by atoms with Crippen molar-refractivity contribution in [3.63, 3.8) is 0 Å². The second-order valence-corrected chi connectivity index (χ2v) is 8.00. The maximum atomic E-state index is 5.49. The fraction of sp³-hybridized carbons (Fsp3) is 0.765. The molecule has 1 aromatic heterocycles. The van der Waals surface area contributed by atoms with Gasteiger partial charge in [0.15, 0.2) is 0 Å². The third-order valence-electron chi connectivity index (χ3n) is 4.98. The molecule has 1 fully saturated rings. The van der Waals surface area contributed by atoms with Crippen LogP contribution in [0, 0.1) is 5.41 Å². The maximum absolute atomic E-state index is 5.49. The molecule has 2 aliphatic rings. The topological polar surface area (TPSA) is 21.3 Å². The Balaban J connectivity index is 1.58. The second kappa shape index (κ2) is 6.17. The minimum Gasteiger partial charge on any atom is -0.381 e. The van der Waals surface area contributed by atoms with Gasteiger partial charge in [0.05, 0.1) is 0 Å². The summed E-state index contributed by atoms with van der Waals surface area (Å²) >= 11 is 2.04. The first-order chi connectivity index (χ1) is 9.66. The van der Waals surface area contributed by atoms with E-state index in [4.69, 9.17) is 4.74 Å². The van der Waals surface area contributed by atoms with Crippen LogP contribution in [0.15, 0.2) is 6.07 Å². The van der Waals surface area contributed by atoms with E-state index in [2.05, 4.69) is 25.2 Å². The van der Waals surface area contributed by atoms with Gasteiger partial charge >= 0.3 is 0 Å². The van der Waals surface area contributed by atoms with Gasteiger partial charge in [-0.25, -0.2) is 0 Å². The van der Waals surface area contributed by atoms with Gasteiger partial charge in [-0.2, -0.15) is 0 Å². The molecule has 20 heavy (non-hydrogen) atoms. The Morgan fingerprint density at radius 2 is 2.05 bits per heavy atom. The largest absolute Gasteiger partial charge is 0.381 e. The molecule has 1 unspecified atom stereocenters. The van der Waals surface area contributed by atoms with Crippen molar-refractivity contribution >= 4 is 11.3 Å². The Morgan fingerprint density at radius 3 is 2.80 bits per heavy atom. The van der Waals surface area contributed by atoms with E-state index in [-0.39, 0.29) is 0 Å². The fourth-order valence-corrected chi connectivity index (χ4v) is 4.55. The number of nitrogens with one attached hydrogen (secondary N) is 1. The second-order valence-electron chi connectivity index (χ2n) is 6.83. The van der Waals surface area contributed by atoms with E-state index < -0.39 is 0 Å². The van der Waals surface area contributed by atoms with Gasteiger partial charge in [0.25, 0.3) is 0 Å². The lowest BCUT2D eigenvalue weighted by Crippen LogP contribution is -2.37. The van der Waals surface area contributed by atoms with Crippen molar-refractivity contribution in [2.24, 2.45) is 5.41 Å². The van der Waals surface area contributed by atoms with Gasteiger partial charge in [0.2, 0.25) is 0 Å². The summed E-state index contributed by atoms with van der Waals surface area (Å²) in [6.45, 7) is 7.69. The molecule has 0 radical (unpaired) electrons. The number of aryl methyl sites for hydroxylation is 2. The van der Waals surface area contributed by atoms with Gasteiger partial charge in [-0.1, -0.05) is 6.92 Å². The smallest absolute Gasteiger partial charge is 0.0471 e. The molecule has 1 aromatic rings. The lowest BCUT2D eigenvalue weighted by molar-refractivity contribution is 0.0231. The van der Waals surface area contributed by atoms with Gasteiger partial charge in [-0.3, -0.25) is 0 Å². The highest BCUT2D eigenvalue weighted by Gasteiger charge is 2.28. The molecule has 1 atom stereocenters. The van der Waals surface area contributed by atoms with Gasteiger partial charge in [0.1, 0.15) is 0 Å². The standard InChI is InChI=1S/C17H27NOS/c1-13(18-12-17(2)7-9-19-10-8-17)16-11-14-5-3-4-6-15(14)20-16/h11,13,18H,3-10,12H2,1-2H3. The Labute approximate surface area is 126 Å². The normalized spacial score (nSPS) is 23.3. The van der Waals surface area contributed by atoms with Crippen LogP contribution in [0.1, 0.15) is 60.9 Å². The molecule has 0 bridgehead atoms. The predicted octanol–water partition coefficient (Wildman–Crippen LogP) is 4.09. The quantitative estimate of drug-likeness (QED) is 0.902. The Hall–Kier alpha value is -0.380. The zero-order valence-electron chi connectivity index (χ0n) is 12.8. The summed E-state index contributed by atoms with van der Waals surface area (Å²) in [4.78, 5) is 3.18. The summed E-state index contributed by atoms with van der Waals surface area (Å²) in [6.07, 6.45) is 7.74. The highest BCUT2D eigenvalue weighted by molar-refractivity contribution is 7.12. The number of fused-ring (bicyclic) bond motifs is 1. The van der Waals surface area contributed by atoms with Crippen LogP contribution in [0.25, 0.3) is 0 Å². The Kier molecular flexibility index (Phi) is 4.49. The first kappa shape index (κ1) is 14.6. The molecule has 1 aliphatic carbocycles. The molecular formula is C17H27NOS. The van der Waals surface area contributed by atoms with E-state index in [1.54, 1.807) is 10.4 Å². The predicted molar refractivity (Wildman–Crippen MR) is 85.5 cm³/mol. The van der Waals surface area contributed by atoms with Crippen molar-refractivity contribution in [3.8, 4) is 0 Å². The van der Waals surface area contributed by atoms with E-state index >= 15 is 0 Å². The molecule has 0 aromatic carbocycles. The molecule has 3 rings (SSSR count). The fourth-order valence-electron chi connectivity index (χ4n) is 3.27. The minimum absolute atomic E-state index is 0.420. The van der Waals surface area contributed by atoms with Crippen LogP contribution >= 0.6 is 11.3 Å². The zero-order chi connectivity index (χ0) is 14.0. The van der Waals surface area contributed by atoms with Gasteiger partial charge in [-0.05, 0) is 62.5 Å². The van der Waals surface area contributed by atoms with Crippen molar-refractivity contribution in [2.45, 2.75) is 58.4 Å². The van der Waals surface area contributed by atoms with Crippen LogP contribution in [0.5, 0.6) is 0 Å². The van der Waals surface area contributed by atoms with Crippen molar-refractivity contribution in [1.29, 1.82) is 0 Å². The average Bonchev–Trinajstić information content (AvgIpc) is 2.89. The number of rotatable bonds is 4. The van der Waals surface area contributed by atoms with Crippen molar-refractivity contribution in [3.05, 3.63) is 21.4 Å². The maximum Gasteiger partial charge on any atom is 0.0471 e. The molecule has 1 N–H and O–H groups in total. The molecule has 0 saturated carbocycles. The summed E-state index contributed by atoms with van der Waals surface area (Å²) in [5.74, 6) is 0. The number of hydrogen-bond acceptors (Lipinski definition) is 3. The number of hydrogen-bond donors (Lipinski definition) is 1. The molecule has 1 aliphatic heterocycles. The third kappa shape index (κ3) is 3.26. The summed E-state index contributed by atoms with van der Waals surface area (Å²) < 4.78 is 5.49. The van der Waals surface area contributed by atoms with E-state index in [1.807, 2.05) is 11.3 Å². The van der Waals surface area contributed by atoms with Crippen LogP contribution in [-0.2, 0) is 17.6 Å². The van der Waals surface area contributed by atoms with Gasteiger partial charge in [-0.15, -0.1) is 11.3 Å². The molecule has 3 heteroatoms. The van der Waals surface area contributed by atoms with Gasteiger partial charge in [0, 0.05) is 35.6 Å². The SMILES string of the molecule is CC(NCC1(C)CCOCC1)c1cc2c(s1)CCCC2. The van der Waals surface area contributed by atoms with Crippen LogP contribution < -0.4 is 5.32 Å². The van der Waals surface area contributed by atoms with Crippen molar-refractivity contribution in [1.82, 2.24) is 5.32 Å². The summed E-state index contributed by atoms with van der Waals surface area (Å²) in [7, 11) is 0. The Morgan fingerprint density at radius 1 is 1.30 bits per heavy atom. The molecule has 2 nitrogen and oxygen atoms in total. The van der Waals surface area contributed by atoms with Crippen LogP contribution in [0.2, 0.25) is 0 Å². The first-order valence-corrected chi connectivity index (χ1v) is 8.91. The highest BCUT2D eigenvalue weighted by Crippen LogP contribution is 2.34. The zero-order valence-corrected chi connectivity index (χ0v) is 13.7. The lowest BCUT2D eigenvalue weighted by Gasteiger charge is -2.34. The highest BCUT2D eigenvalue weighted by atomic mass is 32.1. The average molecular weight is 293 g/mol. The van der Waals surface area contributed by atoms with Crippen LogP contribution in [0.4, 0.5) is 0 Å². The molecule has 112 valence electrons. The van der Waals surface area contributed by atoms with E-state index in [9.17, 15) is 0 Å². The number of ether oxygens (including phenoxy) is 1. The lowest BCUT2D eigenvalue weighted by atomic mass is 9.82. The summed E-state index contributed by atoms with van der Waals surface area (Å²) in [6, 6.07) is 2.95. The molecular weight excluding hydrogens is 266 g/mol. The monoisotopic (exact) mass is 293 g/mol. The van der Waals surface area contributed by atoms with Crippen LogP contribution in [0.3, 0.4) is 0 Å². The number of thiophene rings is 1. The third-order valence-corrected chi connectivity index (χ3v) is 6.40. The van der Waals surface area contributed by atoms with E-state index in [0.717, 1.165) is 19.8 Å². The van der Waals surface area contributed by atoms with E-state index in [0.29, 0.717) is 11.5 Å². The summed E-state index contributed by atoms with van der Waals surface area (Å²) in [5, 5.41) is 3.77. The minimum atomic E-state index is 0.420. The molecule has 2 heterocycles. The molecule has 0 spiro atoms. The summed E-state index contributed by atoms with van der Waals surface area (Å²) in [5.41, 5.74) is 2.05. The van der Waals surface area contributed by atoms with E-state index in [1.165, 1.54) is 43.4 Å². The Bertz CT molecular complexity index is 424. The molecule has 0 amide bonds.